The van der Waals surface area contributed by atoms with Crippen LogP contribution in [0.3, 0.4) is 0 Å². The van der Waals surface area contributed by atoms with Crippen LogP contribution in [0.4, 0.5) is 0 Å². The van der Waals surface area contributed by atoms with Crippen LogP contribution >= 0.6 is 0 Å². The molecular weight excluding hydrogens is 78.0 g/mol. The lowest BCUT2D eigenvalue weighted by Gasteiger charge is -2.08. The molecule has 2 nitrogen and oxygen atoms in total. The highest BCUT2D eigenvalue weighted by Crippen LogP contribution is 1.98. The maximum Gasteiger partial charge on any atom is 0.119 e. The molecule has 0 aliphatic rings. The van der Waals surface area contributed by atoms with Gasteiger partial charge in [0.05, 0.1) is 0 Å². The molecule has 0 spiro atoms. The van der Waals surface area contributed by atoms with Gasteiger partial charge in [-0.05, 0) is 20.8 Å². The molecule has 2 heteroatoms. The predicted octanol–water partition coefficient (Wildman–Crippen LogP) is -0.0416. The molecule has 6 heavy (non-hydrogen) atoms. The summed E-state index contributed by atoms with van der Waals surface area (Å²) in [4.78, 5) is 4.69. The fourth-order valence-electron chi connectivity index (χ4n) is 0. The molecular formula is C4H12NO+. The third-order valence-corrected chi connectivity index (χ3v) is 0.433. The van der Waals surface area contributed by atoms with Gasteiger partial charge in [0, 0.05) is 0 Å². The summed E-state index contributed by atoms with van der Waals surface area (Å²) in [6, 6.07) is 0. The summed E-state index contributed by atoms with van der Waals surface area (Å²) in [5, 5.41) is 0. The van der Waals surface area contributed by atoms with Gasteiger partial charge in [0.2, 0.25) is 0 Å². The minimum absolute atomic E-state index is 0.0694. The lowest BCUT2D eigenvalue weighted by Crippen LogP contribution is -2.55. The third kappa shape index (κ3) is 3.92. The van der Waals surface area contributed by atoms with E-state index < -0.39 is 0 Å². The zero-order valence-electron chi connectivity index (χ0n) is 4.62. The first-order chi connectivity index (χ1) is 2.56. The number of rotatable bonds is 0. The summed E-state index contributed by atoms with van der Waals surface area (Å²) in [5.41, 5.74) is -0.0694. The normalized spacial score (nSPS) is 12.0. The molecule has 0 fully saturated rings. The molecule has 0 unspecified atom stereocenters. The first kappa shape index (κ1) is 5.92. The highest BCUT2D eigenvalue weighted by atomic mass is 16.6. The Balaban J connectivity index is 3.17. The van der Waals surface area contributed by atoms with Crippen molar-refractivity contribution < 1.29 is 10.7 Å². The zero-order chi connectivity index (χ0) is 5.21. The van der Waals surface area contributed by atoms with E-state index in [0.29, 0.717) is 0 Å². The molecule has 0 aromatic heterocycles. The van der Waals surface area contributed by atoms with Crippen LogP contribution in [0.2, 0.25) is 0 Å². The SMILES string of the molecule is CC(C)(C)O[NH3+]. The number of hydrogen-bond acceptors (Lipinski definition) is 1. The largest absolute Gasteiger partial charge is 0.212 e. The summed E-state index contributed by atoms with van der Waals surface area (Å²) in [6.07, 6.45) is 0. The Morgan fingerprint density at radius 2 is 1.50 bits per heavy atom. The van der Waals surface area contributed by atoms with E-state index in [1.54, 1.807) is 0 Å². The second-order valence-electron chi connectivity index (χ2n) is 2.26. The van der Waals surface area contributed by atoms with Crippen molar-refractivity contribution in [1.82, 2.24) is 0 Å². The van der Waals surface area contributed by atoms with Crippen LogP contribution in [0.25, 0.3) is 0 Å². The van der Waals surface area contributed by atoms with Crippen LogP contribution in [0.15, 0.2) is 0 Å². The Morgan fingerprint density at radius 3 is 1.50 bits per heavy atom. The summed E-state index contributed by atoms with van der Waals surface area (Å²) < 4.78 is 0. The van der Waals surface area contributed by atoms with Gasteiger partial charge >= 0.3 is 0 Å². The smallest absolute Gasteiger partial charge is 0.119 e. The molecule has 0 aliphatic heterocycles. The summed E-state index contributed by atoms with van der Waals surface area (Å²) in [7, 11) is 0. The minimum atomic E-state index is -0.0694. The van der Waals surface area contributed by atoms with Gasteiger partial charge in [-0.1, -0.05) is 0 Å². The first-order valence-corrected chi connectivity index (χ1v) is 1.99. The molecule has 0 heterocycles. The topological polar surface area (TPSA) is 36.9 Å². The molecule has 0 aromatic carbocycles. The van der Waals surface area contributed by atoms with Crippen molar-refractivity contribution in [3.05, 3.63) is 0 Å². The molecule has 0 radical (unpaired) electrons. The van der Waals surface area contributed by atoms with Gasteiger partial charge in [-0.2, -0.15) is 0 Å². The van der Waals surface area contributed by atoms with E-state index >= 15 is 0 Å². The van der Waals surface area contributed by atoms with E-state index in [9.17, 15) is 0 Å². The van der Waals surface area contributed by atoms with E-state index in [-0.39, 0.29) is 5.60 Å². The molecule has 0 rings (SSSR count). The van der Waals surface area contributed by atoms with Crippen LogP contribution in [-0.4, -0.2) is 5.60 Å². The monoisotopic (exact) mass is 90.1 g/mol. The van der Waals surface area contributed by atoms with Crippen molar-refractivity contribution >= 4 is 0 Å². The average Bonchev–Trinajstić information content (AvgIpc) is 1.35. The molecule has 0 aromatic rings. The molecule has 0 amide bonds. The van der Waals surface area contributed by atoms with E-state index in [0.717, 1.165) is 0 Å². The fraction of sp³-hybridized carbons (Fsp3) is 1.00. The quantitative estimate of drug-likeness (QED) is 0.416. The maximum atomic E-state index is 4.69. The van der Waals surface area contributed by atoms with Gasteiger partial charge in [-0.3, -0.25) is 0 Å². The molecule has 0 atom stereocenters. The lowest BCUT2D eigenvalue weighted by atomic mass is 10.2. The number of hydrogen-bond donors (Lipinski definition) is 1. The lowest BCUT2D eigenvalue weighted by molar-refractivity contribution is -0.714. The molecule has 0 saturated heterocycles. The van der Waals surface area contributed by atoms with Gasteiger partial charge in [0.25, 0.3) is 0 Å². The highest BCUT2D eigenvalue weighted by Gasteiger charge is 2.08. The standard InChI is InChI=1S/C4H12NO/c1-4(2,3)6-5/h1-3,5H3/q+1. The van der Waals surface area contributed by atoms with Crippen LogP contribution in [-0.2, 0) is 4.84 Å². The molecule has 38 valence electrons. The van der Waals surface area contributed by atoms with Gasteiger partial charge in [-0.15, -0.1) is 0 Å². The Morgan fingerprint density at radius 1 is 1.33 bits per heavy atom. The Hall–Kier alpha value is -0.0800. The van der Waals surface area contributed by atoms with Crippen molar-refractivity contribution in [2.24, 2.45) is 0 Å². The van der Waals surface area contributed by atoms with E-state index in [1.165, 1.54) is 0 Å². The van der Waals surface area contributed by atoms with Gasteiger partial charge in [-0.25, -0.2) is 10.7 Å². The summed E-state index contributed by atoms with van der Waals surface area (Å²) in [6.45, 7) is 5.88. The molecule has 0 aliphatic carbocycles. The molecule has 0 bridgehead atoms. The van der Waals surface area contributed by atoms with Crippen molar-refractivity contribution in [2.45, 2.75) is 26.4 Å². The third-order valence-electron chi connectivity index (χ3n) is 0.433. The highest BCUT2D eigenvalue weighted by molar-refractivity contribution is 4.53. The van der Waals surface area contributed by atoms with E-state index in [4.69, 9.17) is 0 Å². The van der Waals surface area contributed by atoms with Crippen LogP contribution in [0.1, 0.15) is 20.8 Å². The van der Waals surface area contributed by atoms with Crippen LogP contribution < -0.4 is 5.90 Å². The van der Waals surface area contributed by atoms with E-state index in [2.05, 4.69) is 10.7 Å². The second kappa shape index (κ2) is 1.58. The Bertz CT molecular complexity index is 37.3. The Labute approximate surface area is 38.2 Å². The summed E-state index contributed by atoms with van der Waals surface area (Å²) in [5.74, 6) is 3.26. The van der Waals surface area contributed by atoms with Gasteiger partial charge in [0.15, 0.2) is 0 Å². The van der Waals surface area contributed by atoms with Crippen molar-refractivity contribution in [3.63, 3.8) is 0 Å². The maximum absolute atomic E-state index is 4.69. The Kier molecular flexibility index (Phi) is 1.56. The average molecular weight is 90.1 g/mol. The van der Waals surface area contributed by atoms with Crippen molar-refractivity contribution in [2.75, 3.05) is 0 Å². The predicted molar refractivity (Wildman–Crippen MR) is 23.7 cm³/mol. The van der Waals surface area contributed by atoms with E-state index in [1.807, 2.05) is 20.8 Å². The summed E-state index contributed by atoms with van der Waals surface area (Å²) >= 11 is 0. The second-order valence-corrected chi connectivity index (χ2v) is 2.26. The van der Waals surface area contributed by atoms with Crippen LogP contribution in [0, 0.1) is 0 Å². The molecule has 3 N–H and O–H groups in total. The van der Waals surface area contributed by atoms with Gasteiger partial charge in [0.1, 0.15) is 5.60 Å². The zero-order valence-corrected chi connectivity index (χ0v) is 4.62. The van der Waals surface area contributed by atoms with Crippen molar-refractivity contribution in [1.29, 1.82) is 0 Å². The van der Waals surface area contributed by atoms with Crippen molar-refractivity contribution in [3.8, 4) is 0 Å². The fourth-order valence-corrected chi connectivity index (χ4v) is 0. The van der Waals surface area contributed by atoms with Crippen LogP contribution in [0.5, 0.6) is 0 Å². The first-order valence-electron chi connectivity index (χ1n) is 1.99. The molecule has 0 saturated carbocycles. The number of quaternary nitrogens is 1. The minimum Gasteiger partial charge on any atom is -0.212 e. The van der Waals surface area contributed by atoms with Gasteiger partial charge < -0.3 is 0 Å².